The van der Waals surface area contributed by atoms with E-state index in [1.165, 1.54) is 0 Å². The van der Waals surface area contributed by atoms with Crippen molar-refractivity contribution in [1.82, 2.24) is 4.90 Å². The van der Waals surface area contributed by atoms with E-state index in [0.717, 1.165) is 36.9 Å². The Bertz CT molecular complexity index is 500. The summed E-state index contributed by atoms with van der Waals surface area (Å²) in [6, 6.07) is 5.48. The average Bonchev–Trinajstić information content (AvgIpc) is 2.42. The van der Waals surface area contributed by atoms with E-state index in [2.05, 4.69) is 40.0 Å². The Kier molecular flexibility index (Phi) is 5.58. The van der Waals surface area contributed by atoms with Crippen LogP contribution in [0.2, 0.25) is 0 Å². The Labute approximate surface area is 134 Å². The number of nitrogens with one attached hydrogen (secondary N) is 1. The van der Waals surface area contributed by atoms with Gasteiger partial charge in [-0.05, 0) is 30.9 Å². The third-order valence-electron chi connectivity index (χ3n) is 3.73. The largest absolute Gasteiger partial charge is 0.377 e. The molecule has 0 saturated carbocycles. The lowest BCUT2D eigenvalue weighted by Gasteiger charge is -2.33. The zero-order valence-corrected chi connectivity index (χ0v) is 14.1. The smallest absolute Gasteiger partial charge is 0.293 e. The number of nitrogens with zero attached hydrogens (tertiary/aromatic N) is 2. The van der Waals surface area contributed by atoms with Crippen LogP contribution in [-0.2, 0) is 0 Å². The number of nitro benzene ring substituents is 1. The van der Waals surface area contributed by atoms with Crippen LogP contribution in [0.3, 0.4) is 0 Å². The molecule has 1 saturated heterocycles. The first kappa shape index (κ1) is 16.2. The van der Waals surface area contributed by atoms with Gasteiger partial charge in [0, 0.05) is 36.2 Å². The SMILES string of the molecule is CC(C)CN1CCC(Nc2ccc(Br)cc2[N+](=O)[O-])CC1. The molecule has 5 nitrogen and oxygen atoms in total. The lowest BCUT2D eigenvalue weighted by atomic mass is 10.0. The molecule has 21 heavy (non-hydrogen) atoms. The summed E-state index contributed by atoms with van der Waals surface area (Å²) < 4.78 is 0.728. The highest BCUT2D eigenvalue weighted by molar-refractivity contribution is 9.10. The zero-order valence-electron chi connectivity index (χ0n) is 12.5. The summed E-state index contributed by atoms with van der Waals surface area (Å²) in [5.41, 5.74) is 0.750. The summed E-state index contributed by atoms with van der Waals surface area (Å²) in [6.07, 6.45) is 2.06. The topological polar surface area (TPSA) is 58.4 Å². The second kappa shape index (κ2) is 7.22. The number of halogens is 1. The summed E-state index contributed by atoms with van der Waals surface area (Å²) in [4.78, 5) is 13.3. The fraction of sp³-hybridized carbons (Fsp3) is 0.600. The van der Waals surface area contributed by atoms with Gasteiger partial charge in [-0.25, -0.2) is 0 Å². The third kappa shape index (κ3) is 4.68. The van der Waals surface area contributed by atoms with Gasteiger partial charge in [-0.15, -0.1) is 0 Å². The molecule has 1 N–H and O–H groups in total. The van der Waals surface area contributed by atoms with Crippen molar-refractivity contribution in [2.45, 2.75) is 32.7 Å². The molecule has 1 aliphatic heterocycles. The maximum absolute atomic E-state index is 11.1. The van der Waals surface area contributed by atoms with Crippen molar-refractivity contribution in [2.24, 2.45) is 5.92 Å². The normalized spacial score (nSPS) is 17.1. The molecule has 0 atom stereocenters. The molecule has 0 aromatic heterocycles. The number of nitro groups is 1. The second-order valence-electron chi connectivity index (χ2n) is 6.03. The van der Waals surface area contributed by atoms with Crippen molar-refractivity contribution < 1.29 is 4.92 Å². The number of anilines is 1. The van der Waals surface area contributed by atoms with Crippen molar-refractivity contribution >= 4 is 27.3 Å². The van der Waals surface area contributed by atoms with E-state index in [0.29, 0.717) is 17.6 Å². The molecule has 0 spiro atoms. The minimum absolute atomic E-state index is 0.133. The summed E-state index contributed by atoms with van der Waals surface area (Å²) in [7, 11) is 0. The molecule has 1 aromatic rings. The number of rotatable bonds is 5. The Morgan fingerprint density at radius 3 is 2.67 bits per heavy atom. The van der Waals surface area contributed by atoms with Crippen LogP contribution in [0, 0.1) is 16.0 Å². The van der Waals surface area contributed by atoms with Gasteiger partial charge in [0.1, 0.15) is 5.69 Å². The predicted molar refractivity (Wildman–Crippen MR) is 88.7 cm³/mol. The van der Waals surface area contributed by atoms with Gasteiger partial charge < -0.3 is 10.2 Å². The minimum atomic E-state index is -0.332. The summed E-state index contributed by atoms with van der Waals surface area (Å²) in [6.45, 7) is 7.70. The van der Waals surface area contributed by atoms with Gasteiger partial charge in [0.25, 0.3) is 5.69 Å². The molecule has 1 aromatic carbocycles. The first-order valence-corrected chi connectivity index (χ1v) is 8.18. The quantitative estimate of drug-likeness (QED) is 0.642. The molecular formula is C15H22BrN3O2. The van der Waals surface area contributed by atoms with Gasteiger partial charge in [0.15, 0.2) is 0 Å². The first-order valence-electron chi connectivity index (χ1n) is 7.38. The van der Waals surface area contributed by atoms with E-state index in [-0.39, 0.29) is 10.6 Å². The van der Waals surface area contributed by atoms with E-state index >= 15 is 0 Å². The molecule has 0 amide bonds. The first-order chi connectivity index (χ1) is 9.95. The fourth-order valence-corrected chi connectivity index (χ4v) is 3.12. The Hall–Kier alpha value is -1.14. The van der Waals surface area contributed by atoms with Crippen molar-refractivity contribution in [3.8, 4) is 0 Å². The molecule has 116 valence electrons. The highest BCUT2D eigenvalue weighted by Gasteiger charge is 2.22. The maximum atomic E-state index is 11.1. The van der Waals surface area contributed by atoms with E-state index in [1.807, 2.05) is 6.07 Å². The number of hydrogen-bond donors (Lipinski definition) is 1. The molecule has 1 fully saturated rings. The van der Waals surface area contributed by atoms with Gasteiger partial charge >= 0.3 is 0 Å². The van der Waals surface area contributed by atoms with Gasteiger partial charge in [0.2, 0.25) is 0 Å². The molecule has 1 heterocycles. The highest BCUT2D eigenvalue weighted by atomic mass is 79.9. The Balaban J connectivity index is 1.96. The van der Waals surface area contributed by atoms with Crippen LogP contribution in [-0.4, -0.2) is 35.5 Å². The standard InChI is InChI=1S/C15H22BrN3O2/c1-11(2)10-18-7-5-13(6-8-18)17-14-4-3-12(16)9-15(14)19(20)21/h3-4,9,11,13,17H,5-8,10H2,1-2H3. The minimum Gasteiger partial charge on any atom is -0.377 e. The van der Waals surface area contributed by atoms with Gasteiger partial charge in [-0.1, -0.05) is 29.8 Å². The lowest BCUT2D eigenvalue weighted by Crippen LogP contribution is -2.40. The molecule has 6 heteroatoms. The van der Waals surface area contributed by atoms with Crippen LogP contribution in [0.5, 0.6) is 0 Å². The van der Waals surface area contributed by atoms with Gasteiger partial charge in [-0.2, -0.15) is 0 Å². The van der Waals surface area contributed by atoms with Crippen LogP contribution >= 0.6 is 15.9 Å². The Morgan fingerprint density at radius 2 is 2.10 bits per heavy atom. The molecule has 2 rings (SSSR count). The van der Waals surface area contributed by atoms with E-state index in [9.17, 15) is 10.1 Å². The van der Waals surface area contributed by atoms with Crippen LogP contribution in [0.4, 0.5) is 11.4 Å². The number of likely N-dealkylation sites (tertiary alicyclic amines) is 1. The maximum Gasteiger partial charge on any atom is 0.293 e. The van der Waals surface area contributed by atoms with Gasteiger partial charge in [-0.3, -0.25) is 10.1 Å². The molecule has 0 unspecified atom stereocenters. The number of hydrogen-bond acceptors (Lipinski definition) is 4. The van der Waals surface area contributed by atoms with Crippen LogP contribution in [0.15, 0.2) is 22.7 Å². The predicted octanol–water partition coefficient (Wildman–Crippen LogP) is 3.89. The van der Waals surface area contributed by atoms with E-state index in [4.69, 9.17) is 0 Å². The van der Waals surface area contributed by atoms with Crippen molar-refractivity contribution in [3.05, 3.63) is 32.8 Å². The van der Waals surface area contributed by atoms with Crippen molar-refractivity contribution in [3.63, 3.8) is 0 Å². The lowest BCUT2D eigenvalue weighted by molar-refractivity contribution is -0.384. The zero-order chi connectivity index (χ0) is 15.4. The summed E-state index contributed by atoms with van der Waals surface area (Å²) >= 11 is 3.28. The molecular weight excluding hydrogens is 334 g/mol. The fourth-order valence-electron chi connectivity index (χ4n) is 2.77. The summed E-state index contributed by atoms with van der Waals surface area (Å²) in [5.74, 6) is 0.682. The van der Waals surface area contributed by atoms with Crippen LogP contribution < -0.4 is 5.32 Å². The van der Waals surface area contributed by atoms with E-state index in [1.54, 1.807) is 12.1 Å². The van der Waals surface area contributed by atoms with Crippen molar-refractivity contribution in [1.29, 1.82) is 0 Å². The van der Waals surface area contributed by atoms with Gasteiger partial charge in [0.05, 0.1) is 4.92 Å². The molecule has 0 bridgehead atoms. The average molecular weight is 356 g/mol. The molecule has 0 aliphatic carbocycles. The van der Waals surface area contributed by atoms with Crippen molar-refractivity contribution in [2.75, 3.05) is 25.0 Å². The van der Waals surface area contributed by atoms with E-state index < -0.39 is 0 Å². The highest BCUT2D eigenvalue weighted by Crippen LogP contribution is 2.29. The number of benzene rings is 1. The monoisotopic (exact) mass is 355 g/mol. The second-order valence-corrected chi connectivity index (χ2v) is 6.95. The molecule has 0 radical (unpaired) electrons. The van der Waals surface area contributed by atoms with Crippen LogP contribution in [0.1, 0.15) is 26.7 Å². The third-order valence-corrected chi connectivity index (χ3v) is 4.22. The number of piperidine rings is 1. The Morgan fingerprint density at radius 1 is 1.43 bits per heavy atom. The van der Waals surface area contributed by atoms with Crippen LogP contribution in [0.25, 0.3) is 0 Å². The summed E-state index contributed by atoms with van der Waals surface area (Å²) in [5, 5.41) is 14.5. The molecule has 1 aliphatic rings.